The fourth-order valence-corrected chi connectivity index (χ4v) is 1.48. The second-order valence-corrected chi connectivity index (χ2v) is 3.63. The van der Waals surface area contributed by atoms with E-state index in [4.69, 9.17) is 4.52 Å². The van der Waals surface area contributed by atoms with E-state index in [9.17, 15) is 4.79 Å². The van der Waals surface area contributed by atoms with Crippen LogP contribution in [-0.2, 0) is 0 Å². The molecule has 0 atom stereocenters. The Morgan fingerprint density at radius 2 is 2.40 bits per heavy atom. The first-order chi connectivity index (χ1) is 7.24. The Balaban J connectivity index is 1.93. The first-order valence-electron chi connectivity index (χ1n) is 4.15. The molecule has 0 unspecified atom stereocenters. The summed E-state index contributed by atoms with van der Waals surface area (Å²) >= 11 is 1.34. The molecular formula is C8H8N4O2S. The lowest BCUT2D eigenvalue weighted by Gasteiger charge is -2.00. The van der Waals surface area contributed by atoms with Gasteiger partial charge in [0.1, 0.15) is 5.76 Å². The van der Waals surface area contributed by atoms with Crippen LogP contribution in [0.4, 0.5) is 15.7 Å². The van der Waals surface area contributed by atoms with Crippen molar-refractivity contribution in [1.29, 1.82) is 0 Å². The van der Waals surface area contributed by atoms with Crippen LogP contribution >= 0.6 is 11.3 Å². The number of urea groups is 1. The van der Waals surface area contributed by atoms with Crippen LogP contribution in [0.3, 0.4) is 0 Å². The Bertz CT molecular complexity index is 451. The maximum atomic E-state index is 11.4. The maximum absolute atomic E-state index is 11.4. The molecule has 2 N–H and O–H groups in total. The van der Waals surface area contributed by atoms with Crippen LogP contribution in [-0.4, -0.2) is 16.2 Å². The summed E-state index contributed by atoms with van der Waals surface area (Å²) in [6, 6.07) is 1.24. The van der Waals surface area contributed by atoms with E-state index < -0.39 is 6.03 Å². The summed E-state index contributed by atoms with van der Waals surface area (Å²) < 4.78 is 4.80. The summed E-state index contributed by atoms with van der Waals surface area (Å²) in [5.41, 5.74) is 0. The fourth-order valence-electron chi connectivity index (χ4n) is 0.955. The first kappa shape index (κ1) is 9.66. The van der Waals surface area contributed by atoms with Crippen molar-refractivity contribution in [2.24, 2.45) is 0 Å². The number of thiazole rings is 1. The second-order valence-electron chi connectivity index (χ2n) is 2.74. The number of nitrogens with zero attached hydrogens (tertiary/aromatic N) is 2. The molecule has 0 fully saturated rings. The average molecular weight is 224 g/mol. The summed E-state index contributed by atoms with van der Waals surface area (Å²) in [4.78, 5) is 15.3. The lowest BCUT2D eigenvalue weighted by molar-refractivity contribution is 0.262. The Labute approximate surface area is 89.3 Å². The smallest absolute Gasteiger partial charge is 0.326 e. The number of hydrogen-bond acceptors (Lipinski definition) is 5. The minimum Gasteiger partial charge on any atom is -0.360 e. The van der Waals surface area contributed by atoms with Crippen LogP contribution in [0.15, 0.2) is 22.2 Å². The number of aryl methyl sites for hydroxylation is 1. The third-order valence-corrected chi connectivity index (χ3v) is 2.21. The highest BCUT2D eigenvalue weighted by molar-refractivity contribution is 7.13. The van der Waals surface area contributed by atoms with Crippen LogP contribution in [0.2, 0.25) is 0 Å². The molecule has 2 rings (SSSR count). The van der Waals surface area contributed by atoms with Crippen molar-refractivity contribution in [3.8, 4) is 0 Å². The van der Waals surface area contributed by atoms with Crippen LogP contribution in [0, 0.1) is 6.92 Å². The molecular weight excluding hydrogens is 216 g/mol. The van der Waals surface area contributed by atoms with Gasteiger partial charge in [-0.2, -0.15) is 0 Å². The van der Waals surface area contributed by atoms with Gasteiger partial charge in [-0.3, -0.25) is 10.6 Å². The number of anilines is 2. The minimum absolute atomic E-state index is 0.376. The van der Waals surface area contributed by atoms with E-state index in [1.54, 1.807) is 24.6 Å². The van der Waals surface area contributed by atoms with Gasteiger partial charge in [-0.1, -0.05) is 5.16 Å². The molecule has 0 spiro atoms. The molecule has 0 aliphatic carbocycles. The molecule has 0 bridgehead atoms. The molecule has 0 aliphatic rings. The van der Waals surface area contributed by atoms with Crippen molar-refractivity contribution in [1.82, 2.24) is 10.1 Å². The maximum Gasteiger partial charge on any atom is 0.326 e. The minimum atomic E-state index is -0.391. The Hall–Kier alpha value is -1.89. The van der Waals surface area contributed by atoms with Crippen molar-refractivity contribution >= 4 is 28.3 Å². The van der Waals surface area contributed by atoms with Gasteiger partial charge in [-0.25, -0.2) is 9.78 Å². The lowest BCUT2D eigenvalue weighted by atomic mass is 10.5. The van der Waals surface area contributed by atoms with Crippen molar-refractivity contribution < 1.29 is 9.32 Å². The van der Waals surface area contributed by atoms with Gasteiger partial charge < -0.3 is 4.52 Å². The summed E-state index contributed by atoms with van der Waals surface area (Å²) in [5, 5.41) is 11.0. The predicted octanol–water partition coefficient (Wildman–Crippen LogP) is 2.08. The zero-order chi connectivity index (χ0) is 10.7. The number of nitrogens with one attached hydrogen (secondary N) is 2. The number of carbonyl (C=O) groups excluding carboxylic acids is 1. The van der Waals surface area contributed by atoms with Crippen LogP contribution in [0.5, 0.6) is 0 Å². The van der Waals surface area contributed by atoms with E-state index >= 15 is 0 Å². The molecule has 7 heteroatoms. The normalized spacial score (nSPS) is 9.93. The molecule has 0 aliphatic heterocycles. The highest BCUT2D eigenvalue weighted by Gasteiger charge is 2.06. The van der Waals surface area contributed by atoms with Gasteiger partial charge >= 0.3 is 6.03 Å². The van der Waals surface area contributed by atoms with Crippen molar-refractivity contribution in [2.45, 2.75) is 6.92 Å². The third-order valence-electron chi connectivity index (χ3n) is 1.52. The van der Waals surface area contributed by atoms with Gasteiger partial charge in [-0.05, 0) is 6.92 Å². The summed E-state index contributed by atoms with van der Waals surface area (Å²) in [6.07, 6.45) is 1.61. The van der Waals surface area contributed by atoms with E-state index in [-0.39, 0.29) is 0 Å². The lowest BCUT2D eigenvalue weighted by Crippen LogP contribution is -2.19. The van der Waals surface area contributed by atoms with Crippen molar-refractivity contribution in [3.05, 3.63) is 23.4 Å². The summed E-state index contributed by atoms with van der Waals surface area (Å²) in [6.45, 7) is 1.75. The number of hydrogen-bond donors (Lipinski definition) is 2. The molecule has 0 aromatic carbocycles. The predicted molar refractivity (Wildman–Crippen MR) is 56.0 cm³/mol. The Morgan fingerprint density at radius 3 is 3.00 bits per heavy atom. The molecule has 0 radical (unpaired) electrons. The van der Waals surface area contributed by atoms with Crippen LogP contribution < -0.4 is 10.6 Å². The average Bonchev–Trinajstić information content (AvgIpc) is 2.77. The van der Waals surface area contributed by atoms with Crippen molar-refractivity contribution in [3.63, 3.8) is 0 Å². The molecule has 15 heavy (non-hydrogen) atoms. The van der Waals surface area contributed by atoms with Gasteiger partial charge in [0.25, 0.3) is 0 Å². The van der Waals surface area contributed by atoms with Gasteiger partial charge in [0.2, 0.25) is 0 Å². The van der Waals surface area contributed by atoms with E-state index in [1.165, 1.54) is 11.3 Å². The molecule has 78 valence electrons. The zero-order valence-corrected chi connectivity index (χ0v) is 8.67. The number of rotatable bonds is 2. The number of carbonyl (C=O) groups is 1. The van der Waals surface area contributed by atoms with E-state index in [1.807, 2.05) is 0 Å². The largest absolute Gasteiger partial charge is 0.360 e. The highest BCUT2D eigenvalue weighted by atomic mass is 32.1. The highest BCUT2D eigenvalue weighted by Crippen LogP contribution is 2.11. The molecule has 2 aromatic rings. The fraction of sp³-hybridized carbons (Fsp3) is 0.125. The number of amides is 2. The topological polar surface area (TPSA) is 80.0 Å². The Kier molecular flexibility index (Phi) is 2.64. The molecule has 2 amide bonds. The molecule has 0 saturated heterocycles. The molecule has 6 nitrogen and oxygen atoms in total. The van der Waals surface area contributed by atoms with E-state index in [2.05, 4.69) is 20.8 Å². The summed E-state index contributed by atoms with van der Waals surface area (Å²) in [5.74, 6) is 1.01. The Morgan fingerprint density at radius 1 is 1.53 bits per heavy atom. The van der Waals surface area contributed by atoms with Gasteiger partial charge in [0.05, 0.1) is 0 Å². The van der Waals surface area contributed by atoms with Crippen molar-refractivity contribution in [2.75, 3.05) is 10.6 Å². The molecule has 2 aromatic heterocycles. The third kappa shape index (κ3) is 2.53. The van der Waals surface area contributed by atoms with Crippen LogP contribution in [0.1, 0.15) is 5.76 Å². The van der Waals surface area contributed by atoms with E-state index in [0.29, 0.717) is 16.7 Å². The van der Waals surface area contributed by atoms with E-state index in [0.717, 1.165) is 0 Å². The van der Waals surface area contributed by atoms with Crippen LogP contribution in [0.25, 0.3) is 0 Å². The second kappa shape index (κ2) is 4.09. The van der Waals surface area contributed by atoms with Gasteiger partial charge in [0, 0.05) is 17.6 Å². The standard InChI is InChI=1S/C8H8N4O2S/c1-5-4-6(12-14-5)10-7(13)11-8-9-2-3-15-8/h2-4H,1H3,(H2,9,10,11,12,13). The summed E-state index contributed by atoms with van der Waals surface area (Å²) in [7, 11) is 0. The molecule has 2 heterocycles. The SMILES string of the molecule is Cc1cc(NC(=O)Nc2nccs2)no1. The zero-order valence-electron chi connectivity index (χ0n) is 7.85. The monoisotopic (exact) mass is 224 g/mol. The first-order valence-corrected chi connectivity index (χ1v) is 5.03. The molecule has 0 saturated carbocycles. The quantitative estimate of drug-likeness (QED) is 0.818. The van der Waals surface area contributed by atoms with Gasteiger partial charge in [-0.15, -0.1) is 11.3 Å². The number of aromatic nitrogens is 2. The van der Waals surface area contributed by atoms with Gasteiger partial charge in [0.15, 0.2) is 10.9 Å².